The maximum atomic E-state index is 11.1. The van der Waals surface area contributed by atoms with Crippen LogP contribution in [0.15, 0.2) is 47.8 Å². The minimum atomic E-state index is -3.85. The predicted molar refractivity (Wildman–Crippen MR) is 61.6 cm³/mol. The number of pyridine rings is 2. The summed E-state index contributed by atoms with van der Waals surface area (Å²) in [7, 11) is 1.32. The molecular weight excluding hydrogens is 264 g/mol. The van der Waals surface area contributed by atoms with Crippen molar-refractivity contribution >= 4 is 19.7 Å². The van der Waals surface area contributed by atoms with Gasteiger partial charge in [-0.05, 0) is 18.2 Å². The Morgan fingerprint density at radius 1 is 1.18 bits per heavy atom. The zero-order chi connectivity index (χ0) is 12.3. The van der Waals surface area contributed by atoms with Crippen molar-refractivity contribution in [2.24, 2.45) is 0 Å². The van der Waals surface area contributed by atoms with Crippen molar-refractivity contribution in [3.8, 4) is 11.6 Å². The third kappa shape index (κ3) is 3.15. The maximum absolute atomic E-state index is 11.1. The molecule has 5 nitrogen and oxygen atoms in total. The highest BCUT2D eigenvalue weighted by Crippen LogP contribution is 2.20. The van der Waals surface area contributed by atoms with Gasteiger partial charge in [-0.25, -0.2) is 13.4 Å². The first-order valence-electron chi connectivity index (χ1n) is 4.55. The average Bonchev–Trinajstić information content (AvgIpc) is 2.29. The molecule has 2 heterocycles. The summed E-state index contributed by atoms with van der Waals surface area (Å²) in [6, 6.07) is 7.68. The quantitative estimate of drug-likeness (QED) is 0.800. The van der Waals surface area contributed by atoms with Crippen LogP contribution < -0.4 is 4.74 Å². The molecule has 0 saturated carbocycles. The molecule has 0 saturated heterocycles. The van der Waals surface area contributed by atoms with Gasteiger partial charge in [-0.15, -0.1) is 0 Å². The Balaban J connectivity index is 2.29. The smallest absolute Gasteiger partial charge is 0.278 e. The van der Waals surface area contributed by atoms with Crippen molar-refractivity contribution in [3.63, 3.8) is 0 Å². The Kier molecular flexibility index (Phi) is 3.26. The molecule has 2 aromatic rings. The van der Waals surface area contributed by atoms with Crippen LogP contribution in [0.5, 0.6) is 11.6 Å². The van der Waals surface area contributed by atoms with E-state index in [1.165, 1.54) is 24.4 Å². The maximum Gasteiger partial charge on any atom is 0.278 e. The van der Waals surface area contributed by atoms with E-state index in [4.69, 9.17) is 15.4 Å². The monoisotopic (exact) mass is 270 g/mol. The number of rotatable bonds is 3. The summed E-state index contributed by atoms with van der Waals surface area (Å²) in [5.74, 6) is 0.601. The van der Waals surface area contributed by atoms with Gasteiger partial charge in [0.2, 0.25) is 5.88 Å². The first kappa shape index (κ1) is 11.8. The molecule has 0 N–H and O–H groups in total. The van der Waals surface area contributed by atoms with Crippen molar-refractivity contribution in [1.29, 1.82) is 0 Å². The Bertz CT molecular complexity index is 616. The zero-order valence-electron chi connectivity index (χ0n) is 8.45. The van der Waals surface area contributed by atoms with E-state index in [-0.39, 0.29) is 10.9 Å². The lowest BCUT2D eigenvalue weighted by molar-refractivity contribution is 0.455. The first-order chi connectivity index (χ1) is 8.05. The molecule has 0 aliphatic rings. The van der Waals surface area contributed by atoms with Crippen LogP contribution in [0, 0.1) is 0 Å². The lowest BCUT2D eigenvalue weighted by Gasteiger charge is -2.04. The molecule has 0 radical (unpaired) electrons. The van der Waals surface area contributed by atoms with E-state index in [1.807, 2.05) is 0 Å². The van der Waals surface area contributed by atoms with Crippen LogP contribution in [-0.2, 0) is 9.05 Å². The molecule has 0 spiro atoms. The molecule has 0 aliphatic heterocycles. The molecule has 17 heavy (non-hydrogen) atoms. The van der Waals surface area contributed by atoms with E-state index in [1.54, 1.807) is 18.3 Å². The largest absolute Gasteiger partial charge is 0.437 e. The van der Waals surface area contributed by atoms with Gasteiger partial charge in [-0.1, -0.05) is 6.07 Å². The molecule has 0 unspecified atom stereocenters. The molecule has 88 valence electrons. The SMILES string of the molecule is O=S(=O)(Cl)c1cccc(Oc2cccnc2)n1. The van der Waals surface area contributed by atoms with Crippen LogP contribution in [0.3, 0.4) is 0 Å². The number of nitrogens with zero attached hydrogens (tertiary/aromatic N) is 2. The van der Waals surface area contributed by atoms with Gasteiger partial charge in [-0.3, -0.25) is 4.98 Å². The van der Waals surface area contributed by atoms with Gasteiger partial charge in [0.1, 0.15) is 5.75 Å². The third-order valence-corrected chi connectivity index (χ3v) is 3.01. The first-order valence-corrected chi connectivity index (χ1v) is 6.86. The Morgan fingerprint density at radius 2 is 2.00 bits per heavy atom. The van der Waals surface area contributed by atoms with Gasteiger partial charge >= 0.3 is 0 Å². The zero-order valence-corrected chi connectivity index (χ0v) is 10.0. The second-order valence-electron chi connectivity index (χ2n) is 3.04. The molecule has 0 atom stereocenters. The van der Waals surface area contributed by atoms with Crippen molar-refractivity contribution < 1.29 is 13.2 Å². The fourth-order valence-electron chi connectivity index (χ4n) is 1.12. The summed E-state index contributed by atoms with van der Waals surface area (Å²) >= 11 is 0. The Labute approximate surface area is 102 Å². The summed E-state index contributed by atoms with van der Waals surface area (Å²) in [5.41, 5.74) is 0. The van der Waals surface area contributed by atoms with E-state index >= 15 is 0 Å². The van der Waals surface area contributed by atoms with Crippen molar-refractivity contribution in [2.45, 2.75) is 5.03 Å². The minimum Gasteiger partial charge on any atom is -0.437 e. The molecule has 0 fully saturated rings. The average molecular weight is 271 g/mol. The van der Waals surface area contributed by atoms with Crippen molar-refractivity contribution in [3.05, 3.63) is 42.7 Å². The highest BCUT2D eigenvalue weighted by Gasteiger charge is 2.12. The summed E-state index contributed by atoms with van der Waals surface area (Å²) in [6.07, 6.45) is 3.09. The van der Waals surface area contributed by atoms with E-state index in [0.717, 1.165) is 0 Å². The van der Waals surface area contributed by atoms with Crippen molar-refractivity contribution in [2.75, 3.05) is 0 Å². The van der Waals surface area contributed by atoms with Crippen LogP contribution in [-0.4, -0.2) is 18.4 Å². The van der Waals surface area contributed by atoms with Crippen LogP contribution in [0.2, 0.25) is 0 Å². The summed E-state index contributed by atoms with van der Waals surface area (Å²) in [6.45, 7) is 0. The van der Waals surface area contributed by atoms with Gasteiger partial charge in [0.05, 0.1) is 6.20 Å². The van der Waals surface area contributed by atoms with E-state index < -0.39 is 9.05 Å². The molecule has 0 aromatic carbocycles. The number of hydrogen-bond donors (Lipinski definition) is 0. The van der Waals surface area contributed by atoms with Gasteiger partial charge < -0.3 is 4.74 Å². The fourth-order valence-corrected chi connectivity index (χ4v) is 1.81. The minimum absolute atomic E-state index is 0.139. The predicted octanol–water partition coefficient (Wildman–Crippen LogP) is 2.20. The highest BCUT2D eigenvalue weighted by atomic mass is 35.7. The lowest BCUT2D eigenvalue weighted by Crippen LogP contribution is -1.96. The van der Waals surface area contributed by atoms with Crippen LogP contribution >= 0.6 is 10.7 Å². The second-order valence-corrected chi connectivity index (χ2v) is 5.56. The Hall–Kier alpha value is -1.66. The van der Waals surface area contributed by atoms with Crippen LogP contribution in [0.4, 0.5) is 0 Å². The van der Waals surface area contributed by atoms with Gasteiger partial charge in [-0.2, -0.15) is 0 Å². The fraction of sp³-hybridized carbons (Fsp3) is 0. The highest BCUT2D eigenvalue weighted by molar-refractivity contribution is 8.13. The van der Waals surface area contributed by atoms with Gasteiger partial charge in [0, 0.05) is 22.9 Å². The molecular formula is C10H7ClN2O3S. The molecule has 2 aromatic heterocycles. The molecule has 0 aliphatic carbocycles. The normalized spacial score (nSPS) is 11.1. The number of aromatic nitrogens is 2. The molecule has 7 heteroatoms. The topological polar surface area (TPSA) is 69.2 Å². The summed E-state index contributed by atoms with van der Waals surface area (Å²) in [5, 5.41) is -0.249. The third-order valence-electron chi connectivity index (χ3n) is 1.80. The number of ether oxygens (including phenoxy) is 1. The lowest BCUT2D eigenvalue weighted by atomic mass is 10.4. The summed E-state index contributed by atoms with van der Waals surface area (Å²) < 4.78 is 27.5. The standard InChI is InChI=1S/C10H7ClN2O3S/c11-17(14,15)10-5-1-4-9(13-10)16-8-3-2-6-12-7-8/h1-7H. The molecule has 0 bridgehead atoms. The molecule has 2 rings (SSSR count). The summed E-state index contributed by atoms with van der Waals surface area (Å²) in [4.78, 5) is 7.62. The van der Waals surface area contributed by atoms with Gasteiger partial charge in [0.15, 0.2) is 5.03 Å². The van der Waals surface area contributed by atoms with Crippen LogP contribution in [0.1, 0.15) is 0 Å². The van der Waals surface area contributed by atoms with Crippen molar-refractivity contribution in [1.82, 2.24) is 9.97 Å². The van der Waals surface area contributed by atoms with E-state index in [0.29, 0.717) is 5.75 Å². The van der Waals surface area contributed by atoms with E-state index in [9.17, 15) is 8.42 Å². The Morgan fingerprint density at radius 3 is 2.65 bits per heavy atom. The molecule has 0 amide bonds. The second kappa shape index (κ2) is 4.68. The van der Waals surface area contributed by atoms with Crippen LogP contribution in [0.25, 0.3) is 0 Å². The number of hydrogen-bond acceptors (Lipinski definition) is 5. The number of halogens is 1. The van der Waals surface area contributed by atoms with E-state index in [2.05, 4.69) is 9.97 Å². The van der Waals surface area contributed by atoms with Gasteiger partial charge in [0.25, 0.3) is 9.05 Å².